The van der Waals surface area contributed by atoms with Crippen LogP contribution in [-0.2, 0) is 16.6 Å². The van der Waals surface area contributed by atoms with Crippen LogP contribution in [0.25, 0.3) is 0 Å². The van der Waals surface area contributed by atoms with E-state index in [1.54, 1.807) is 5.57 Å². The van der Waals surface area contributed by atoms with Crippen molar-refractivity contribution in [3.8, 4) is 0 Å². The summed E-state index contributed by atoms with van der Waals surface area (Å²) >= 11 is -1.62. The van der Waals surface area contributed by atoms with Crippen LogP contribution in [0.4, 0.5) is 0 Å². The number of allylic oxidation sites excluding steroid dienone is 4. The Labute approximate surface area is 126 Å². The fraction of sp³-hybridized carbons (Fsp3) is 0.765. The van der Waals surface area contributed by atoms with Gasteiger partial charge in [-0.1, -0.05) is 0 Å². The molecule has 1 atom stereocenters. The first kappa shape index (κ1) is 15.8. The van der Waals surface area contributed by atoms with Crippen molar-refractivity contribution in [3.05, 3.63) is 22.8 Å². The molecule has 0 aromatic heterocycles. The minimum atomic E-state index is -1.62. The SMILES string of the molecule is CC(C)(C)[SiH2]CC1=CC2=C(CCCC2)[CH]1[Ti]([CH3])([CH3])[CH3]. The molecule has 0 heterocycles. The molecule has 0 nitrogen and oxygen atoms in total. The molecule has 0 saturated heterocycles. The van der Waals surface area contributed by atoms with Gasteiger partial charge in [0.15, 0.2) is 0 Å². The Morgan fingerprint density at radius 1 is 1.16 bits per heavy atom. The van der Waals surface area contributed by atoms with Crippen LogP contribution in [0, 0.1) is 0 Å². The van der Waals surface area contributed by atoms with Crippen LogP contribution in [0.3, 0.4) is 0 Å². The van der Waals surface area contributed by atoms with Crippen LogP contribution in [-0.4, -0.2) is 9.52 Å². The van der Waals surface area contributed by atoms with Crippen LogP contribution in [0.15, 0.2) is 22.8 Å². The molecule has 0 bridgehead atoms. The normalized spacial score (nSPS) is 25.2. The Morgan fingerprint density at radius 3 is 2.37 bits per heavy atom. The first-order valence-electron chi connectivity index (χ1n) is 8.11. The van der Waals surface area contributed by atoms with E-state index in [1.165, 1.54) is 31.7 Å². The molecule has 0 radical (unpaired) electrons. The maximum atomic E-state index is 2.66. The summed E-state index contributed by atoms with van der Waals surface area (Å²) in [7, 11) is 0.0253. The topological polar surface area (TPSA) is 0 Å². The van der Waals surface area contributed by atoms with Gasteiger partial charge in [0.1, 0.15) is 0 Å². The van der Waals surface area contributed by atoms with Gasteiger partial charge in [0.05, 0.1) is 0 Å². The van der Waals surface area contributed by atoms with Crippen molar-refractivity contribution in [2.45, 2.75) is 77.4 Å². The van der Waals surface area contributed by atoms with Gasteiger partial charge in [0.2, 0.25) is 0 Å². The molecule has 0 amide bonds. The van der Waals surface area contributed by atoms with Gasteiger partial charge in [0.25, 0.3) is 0 Å². The third kappa shape index (κ3) is 3.95. The second kappa shape index (κ2) is 5.66. The number of hydrogen-bond acceptors (Lipinski definition) is 0. The van der Waals surface area contributed by atoms with Gasteiger partial charge in [-0.25, -0.2) is 0 Å². The Balaban J connectivity index is 2.19. The summed E-state index contributed by atoms with van der Waals surface area (Å²) in [5.74, 6) is 0. The van der Waals surface area contributed by atoms with E-state index in [0.717, 1.165) is 4.22 Å². The summed E-state index contributed by atoms with van der Waals surface area (Å²) in [5, 5.41) is 8.49. The van der Waals surface area contributed by atoms with Crippen LogP contribution >= 0.6 is 0 Å². The second-order valence-electron chi connectivity index (χ2n) is 8.84. The van der Waals surface area contributed by atoms with Crippen molar-refractivity contribution in [2.24, 2.45) is 0 Å². The van der Waals surface area contributed by atoms with Gasteiger partial charge in [-0.15, -0.1) is 0 Å². The Kier molecular flexibility index (Phi) is 4.70. The molecule has 2 aliphatic rings. The van der Waals surface area contributed by atoms with E-state index >= 15 is 0 Å². The summed E-state index contributed by atoms with van der Waals surface area (Å²) in [6.45, 7) is 7.32. The van der Waals surface area contributed by atoms with Gasteiger partial charge in [0, 0.05) is 0 Å². The average Bonchev–Trinajstić information content (AvgIpc) is 2.63. The summed E-state index contributed by atoms with van der Waals surface area (Å²) in [6.07, 6.45) is 8.34. The molecule has 2 heteroatoms. The van der Waals surface area contributed by atoms with Crippen LogP contribution < -0.4 is 0 Å². The number of rotatable bonds is 3. The van der Waals surface area contributed by atoms with Crippen molar-refractivity contribution in [3.63, 3.8) is 0 Å². The minimum absolute atomic E-state index is 0.0253. The van der Waals surface area contributed by atoms with Crippen molar-refractivity contribution < 1.29 is 16.6 Å². The molecule has 0 aliphatic heterocycles. The Morgan fingerprint density at radius 2 is 1.79 bits per heavy atom. The summed E-state index contributed by atoms with van der Waals surface area (Å²) < 4.78 is 0.949. The van der Waals surface area contributed by atoms with E-state index in [4.69, 9.17) is 0 Å². The molecule has 1 unspecified atom stereocenters. The zero-order chi connectivity index (χ0) is 14.3. The standard InChI is InChI=1S/C14H23Si.3CH3.Ti/c1-14(2,3)15-10-11-8-12-6-4-5-7-13(12)9-11;;;;/h8-9H,4-7,10,15H2,1-3H3;3*1H3;. The molecular weight excluding hydrogens is 280 g/mol. The van der Waals surface area contributed by atoms with Crippen molar-refractivity contribution >= 4 is 9.52 Å². The van der Waals surface area contributed by atoms with Crippen molar-refractivity contribution in [1.82, 2.24) is 0 Å². The third-order valence-corrected chi connectivity index (χ3v) is 10.8. The molecule has 2 rings (SSSR count). The Hall–Kier alpha value is 0.411. The van der Waals surface area contributed by atoms with E-state index in [2.05, 4.69) is 42.5 Å². The van der Waals surface area contributed by atoms with Gasteiger partial charge in [-0.3, -0.25) is 0 Å². The Bertz CT molecular complexity index is 404. The van der Waals surface area contributed by atoms with Gasteiger partial charge >= 0.3 is 126 Å². The molecule has 0 aromatic carbocycles. The average molecular weight is 312 g/mol. The van der Waals surface area contributed by atoms with Gasteiger partial charge in [-0.05, 0) is 0 Å². The first-order chi connectivity index (χ1) is 8.68. The predicted molar refractivity (Wildman–Crippen MR) is 88.0 cm³/mol. The third-order valence-electron chi connectivity index (χ3n) is 4.66. The van der Waals surface area contributed by atoms with E-state index < -0.39 is 16.6 Å². The van der Waals surface area contributed by atoms with E-state index in [9.17, 15) is 0 Å². The van der Waals surface area contributed by atoms with Gasteiger partial charge in [-0.2, -0.15) is 0 Å². The van der Waals surface area contributed by atoms with Crippen LogP contribution in [0.2, 0.25) is 31.0 Å². The monoisotopic (exact) mass is 312 g/mol. The molecule has 0 fully saturated rings. The van der Waals surface area contributed by atoms with Crippen molar-refractivity contribution in [1.29, 1.82) is 0 Å². The second-order valence-corrected chi connectivity index (χ2v) is 20.2. The summed E-state index contributed by atoms with van der Waals surface area (Å²) in [4.78, 5) is 0. The molecule has 0 spiro atoms. The van der Waals surface area contributed by atoms with Crippen molar-refractivity contribution in [2.75, 3.05) is 0 Å². The van der Waals surface area contributed by atoms with Gasteiger partial charge < -0.3 is 0 Å². The van der Waals surface area contributed by atoms with Crippen LogP contribution in [0.1, 0.15) is 46.5 Å². The first-order valence-corrected chi connectivity index (χ1v) is 15.4. The maximum absolute atomic E-state index is 2.66. The quantitative estimate of drug-likeness (QED) is 0.587. The fourth-order valence-electron chi connectivity index (χ4n) is 3.79. The predicted octanol–water partition coefficient (Wildman–Crippen LogP) is 5.69. The summed E-state index contributed by atoms with van der Waals surface area (Å²) in [6, 6.07) is 1.48. The molecule has 19 heavy (non-hydrogen) atoms. The molecule has 0 aromatic rings. The van der Waals surface area contributed by atoms with E-state index in [0.29, 0.717) is 5.04 Å². The molecule has 0 N–H and O–H groups in total. The zero-order valence-corrected chi connectivity index (χ0v) is 16.9. The van der Waals surface area contributed by atoms with E-state index in [1.807, 2.05) is 11.1 Å². The zero-order valence-electron chi connectivity index (χ0n) is 13.9. The van der Waals surface area contributed by atoms with Crippen LogP contribution in [0.5, 0.6) is 0 Å². The fourth-order valence-corrected chi connectivity index (χ4v) is 9.95. The molecule has 2 aliphatic carbocycles. The van der Waals surface area contributed by atoms with E-state index in [-0.39, 0.29) is 9.52 Å². The number of hydrogen-bond donors (Lipinski definition) is 0. The molecule has 0 saturated carbocycles. The molecule has 108 valence electrons. The molecular formula is C17H32SiTi. The summed E-state index contributed by atoms with van der Waals surface area (Å²) in [5.41, 5.74) is 5.55.